The molecule has 0 aromatic carbocycles. The third-order valence-corrected chi connectivity index (χ3v) is 8.56. The van der Waals surface area contributed by atoms with Crippen molar-refractivity contribution in [3.05, 3.63) is 0 Å². The van der Waals surface area contributed by atoms with Crippen molar-refractivity contribution in [1.29, 1.82) is 0 Å². The average Bonchev–Trinajstić information content (AvgIpc) is 3.01. The summed E-state index contributed by atoms with van der Waals surface area (Å²) in [6.07, 6.45) is -29.2. The van der Waals surface area contributed by atoms with Crippen LogP contribution in [-0.4, -0.2) is 187 Å². The summed E-state index contributed by atoms with van der Waals surface area (Å²) in [5, 5.41) is 105. The van der Waals surface area contributed by atoms with E-state index in [1.165, 1.54) is 13.8 Å². The van der Waals surface area contributed by atoms with Crippen LogP contribution in [0.1, 0.15) is 34.1 Å². The average molecular weight is 661 g/mol. The van der Waals surface area contributed by atoms with Gasteiger partial charge in [-0.1, -0.05) is 6.92 Å². The first kappa shape index (κ1) is 37.1. The Balaban J connectivity index is 1.53. The largest absolute Gasteiger partial charge is 0.394 e. The number of aliphatic hydroxyl groups is 10. The lowest BCUT2D eigenvalue weighted by molar-refractivity contribution is -0.393. The molecule has 0 aromatic heterocycles. The second-order valence-electron chi connectivity index (χ2n) is 11.9. The van der Waals surface area contributed by atoms with Gasteiger partial charge in [-0.3, -0.25) is 0 Å². The zero-order valence-corrected chi connectivity index (χ0v) is 25.4. The number of hydrogen-bond donors (Lipinski definition) is 10. The van der Waals surface area contributed by atoms with Gasteiger partial charge in [0.15, 0.2) is 25.2 Å². The topological polar surface area (TPSA) is 276 Å². The van der Waals surface area contributed by atoms with Crippen LogP contribution in [0.25, 0.3) is 0 Å². The lowest BCUT2D eigenvalue weighted by Gasteiger charge is -2.49. The highest BCUT2D eigenvalue weighted by atomic mass is 16.8. The number of hydrogen-bond acceptors (Lipinski definition) is 18. The van der Waals surface area contributed by atoms with Crippen LogP contribution in [0.4, 0.5) is 0 Å². The molecule has 45 heavy (non-hydrogen) atoms. The first-order chi connectivity index (χ1) is 21.2. The van der Waals surface area contributed by atoms with Crippen molar-refractivity contribution in [1.82, 2.24) is 0 Å². The fourth-order valence-electron chi connectivity index (χ4n) is 5.70. The van der Waals surface area contributed by atoms with Crippen molar-refractivity contribution in [3.63, 3.8) is 0 Å². The van der Waals surface area contributed by atoms with E-state index in [-0.39, 0.29) is 6.61 Å². The van der Waals surface area contributed by atoms with Crippen LogP contribution in [0.5, 0.6) is 0 Å². The summed E-state index contributed by atoms with van der Waals surface area (Å²) in [4.78, 5) is 0. The van der Waals surface area contributed by atoms with Crippen LogP contribution < -0.4 is 0 Å². The van der Waals surface area contributed by atoms with E-state index in [4.69, 9.17) is 37.9 Å². The molecule has 12 unspecified atom stereocenters. The van der Waals surface area contributed by atoms with Crippen molar-refractivity contribution in [2.75, 3.05) is 13.2 Å². The number of ether oxygens (including phenoxy) is 8. The minimum Gasteiger partial charge on any atom is -0.394 e. The summed E-state index contributed by atoms with van der Waals surface area (Å²) in [5.41, 5.74) is 0. The van der Waals surface area contributed by atoms with Gasteiger partial charge in [-0.25, -0.2) is 0 Å². The Morgan fingerprint density at radius 3 is 1.51 bits per heavy atom. The Labute approximate surface area is 259 Å². The van der Waals surface area contributed by atoms with Gasteiger partial charge in [0.1, 0.15) is 79.4 Å². The van der Waals surface area contributed by atoms with Gasteiger partial charge in [0, 0.05) is 6.61 Å². The van der Waals surface area contributed by atoms with Gasteiger partial charge in [0.2, 0.25) is 0 Å². The molecule has 10 N–H and O–H groups in total. The summed E-state index contributed by atoms with van der Waals surface area (Å²) in [7, 11) is 0. The Hall–Kier alpha value is -0.720. The molecule has 0 aromatic rings. The monoisotopic (exact) mass is 660 g/mol. The molecule has 4 fully saturated rings. The molecule has 4 aliphatic rings. The highest BCUT2D eigenvalue weighted by Crippen LogP contribution is 2.34. The van der Waals surface area contributed by atoms with Crippen LogP contribution >= 0.6 is 0 Å². The maximum absolute atomic E-state index is 11.2. The quantitative estimate of drug-likeness (QED) is 0.105. The Kier molecular flexibility index (Phi) is 12.9. The van der Waals surface area contributed by atoms with Gasteiger partial charge in [0.05, 0.1) is 24.9 Å². The maximum atomic E-state index is 11.2. The highest BCUT2D eigenvalue weighted by Gasteiger charge is 2.54. The van der Waals surface area contributed by atoms with Crippen molar-refractivity contribution >= 4 is 0 Å². The van der Waals surface area contributed by atoms with Gasteiger partial charge >= 0.3 is 0 Å². The van der Waals surface area contributed by atoms with E-state index in [2.05, 4.69) is 0 Å². The van der Waals surface area contributed by atoms with Crippen LogP contribution in [0.2, 0.25) is 0 Å². The van der Waals surface area contributed by atoms with E-state index >= 15 is 0 Å². The summed E-state index contributed by atoms with van der Waals surface area (Å²) < 4.78 is 45.3. The van der Waals surface area contributed by atoms with E-state index in [0.29, 0.717) is 6.42 Å². The fourth-order valence-corrected chi connectivity index (χ4v) is 5.70. The Morgan fingerprint density at radius 1 is 0.467 bits per heavy atom. The van der Waals surface area contributed by atoms with Gasteiger partial charge < -0.3 is 89.0 Å². The van der Waals surface area contributed by atoms with Crippen LogP contribution in [0.3, 0.4) is 0 Å². The molecule has 0 spiro atoms. The van der Waals surface area contributed by atoms with E-state index in [9.17, 15) is 51.1 Å². The van der Waals surface area contributed by atoms with Crippen molar-refractivity contribution in [2.45, 2.75) is 157 Å². The third-order valence-electron chi connectivity index (χ3n) is 8.56. The molecule has 18 heteroatoms. The summed E-state index contributed by atoms with van der Waals surface area (Å²) in [6.45, 7) is 5.76. The molecule has 4 heterocycles. The predicted octanol–water partition coefficient (Wildman–Crippen LogP) is -5.23. The van der Waals surface area contributed by atoms with Gasteiger partial charge in [-0.05, 0) is 27.2 Å². The Bertz CT molecular complexity index is 915. The van der Waals surface area contributed by atoms with E-state index in [1.54, 1.807) is 6.92 Å². The van der Waals surface area contributed by atoms with E-state index < -0.39 is 129 Å². The summed E-state index contributed by atoms with van der Waals surface area (Å²) >= 11 is 0. The van der Waals surface area contributed by atoms with Crippen molar-refractivity contribution in [3.8, 4) is 0 Å². The minimum absolute atomic E-state index is 0.248. The van der Waals surface area contributed by atoms with Crippen LogP contribution in [-0.2, 0) is 37.9 Å². The predicted molar refractivity (Wildman–Crippen MR) is 144 cm³/mol. The molecule has 0 amide bonds. The molecule has 4 rings (SSSR count). The van der Waals surface area contributed by atoms with Crippen LogP contribution in [0.15, 0.2) is 0 Å². The lowest BCUT2D eigenvalue weighted by atomic mass is 9.96. The van der Waals surface area contributed by atoms with Gasteiger partial charge in [-0.15, -0.1) is 0 Å². The molecule has 18 nitrogen and oxygen atoms in total. The highest BCUT2D eigenvalue weighted by molar-refractivity contribution is 4.96. The first-order valence-electron chi connectivity index (χ1n) is 15.1. The molecule has 4 saturated heterocycles. The molecule has 20 atom stereocenters. The molecular formula is C27H48O18. The molecule has 0 radical (unpaired) electrons. The van der Waals surface area contributed by atoms with Crippen LogP contribution in [0, 0.1) is 0 Å². The third kappa shape index (κ3) is 7.79. The zero-order valence-electron chi connectivity index (χ0n) is 25.4. The second-order valence-corrected chi connectivity index (χ2v) is 11.9. The maximum Gasteiger partial charge on any atom is 0.187 e. The Morgan fingerprint density at radius 2 is 0.933 bits per heavy atom. The number of aliphatic hydroxyl groups excluding tert-OH is 10. The second kappa shape index (κ2) is 15.7. The minimum atomic E-state index is -1.86. The number of rotatable bonds is 10. The zero-order chi connectivity index (χ0) is 33.3. The van der Waals surface area contributed by atoms with E-state index in [0.717, 1.165) is 0 Å². The van der Waals surface area contributed by atoms with Crippen molar-refractivity contribution < 1.29 is 89.0 Å². The fraction of sp³-hybridized carbons (Fsp3) is 1.00. The first-order valence-corrected chi connectivity index (χ1v) is 15.1. The summed E-state index contributed by atoms with van der Waals surface area (Å²) in [5.74, 6) is 0. The smallest absolute Gasteiger partial charge is 0.187 e. The standard InChI is InChI=1S/C27H48O18/c1-5-6-38-24-19(36)21(13(30)9(3)39-24)44-27-23(17(34)12(29)8(2)41-27)45-26-20(37)22(14(31)10(4)40-26)43-25-18(35)16(33)15(32)11(7-28)42-25/h8-37H,5-7H2,1-4H3/t8?,9?,10?,11?,12-,13-,14-,15+,16?,17?,18?,19?,20?,21?,22?,23?,24+,25+,26-,27-/m0/s1. The molecule has 4 aliphatic heterocycles. The molecule has 264 valence electrons. The van der Waals surface area contributed by atoms with Crippen molar-refractivity contribution in [2.24, 2.45) is 0 Å². The lowest BCUT2D eigenvalue weighted by Crippen LogP contribution is -2.67. The van der Waals surface area contributed by atoms with Gasteiger partial charge in [-0.2, -0.15) is 0 Å². The normalized spacial score (nSPS) is 52.9. The molecular weight excluding hydrogens is 612 g/mol. The van der Waals surface area contributed by atoms with Gasteiger partial charge in [0.25, 0.3) is 0 Å². The summed E-state index contributed by atoms with van der Waals surface area (Å²) in [6, 6.07) is 0. The molecule has 0 saturated carbocycles. The molecule has 0 aliphatic carbocycles. The SMILES string of the molecule is CCCO[C@@H]1OC(C)[C@H](O)C(O[C@@H]2OC(C)[C@H](O)C(O)C2O[C@@H]2OC(C)[C@H](O)C(O[C@H]3OC(CO)[C@@H](O)C(O)C3O)C2O)C1O. The molecule has 0 bridgehead atoms. The van der Waals surface area contributed by atoms with E-state index in [1.807, 2.05) is 6.92 Å².